The van der Waals surface area contributed by atoms with Gasteiger partial charge in [-0.3, -0.25) is 4.79 Å². The largest absolute Gasteiger partial charge is 0.383 e. The Morgan fingerprint density at radius 1 is 1.56 bits per heavy atom. The van der Waals surface area contributed by atoms with Crippen LogP contribution in [-0.2, 0) is 11.3 Å². The monoisotopic (exact) mass is 254 g/mol. The fourth-order valence-corrected chi connectivity index (χ4v) is 1.65. The van der Waals surface area contributed by atoms with Crippen LogP contribution in [0.4, 0.5) is 5.82 Å². The van der Waals surface area contributed by atoms with Gasteiger partial charge >= 0.3 is 0 Å². The van der Waals surface area contributed by atoms with Gasteiger partial charge in [0.05, 0.1) is 12.6 Å². The highest BCUT2D eigenvalue weighted by molar-refractivity contribution is 5.32. The van der Waals surface area contributed by atoms with E-state index in [-0.39, 0.29) is 11.6 Å². The standard InChI is InChI=1S/C12H22N4O2/c1-9(2)7-16-5-4-14-11(12(16)17)15-10(6-13)8-18-3/h4-5,9-10H,6-8,13H2,1-3H3,(H,14,15). The summed E-state index contributed by atoms with van der Waals surface area (Å²) in [6.07, 6.45) is 3.31. The number of nitrogens with two attached hydrogens (primary N) is 1. The number of nitrogens with zero attached hydrogens (tertiary/aromatic N) is 2. The Kier molecular flexibility index (Phi) is 5.80. The van der Waals surface area contributed by atoms with Gasteiger partial charge < -0.3 is 20.4 Å². The molecule has 0 bridgehead atoms. The van der Waals surface area contributed by atoms with Crippen LogP contribution in [0.5, 0.6) is 0 Å². The van der Waals surface area contributed by atoms with E-state index in [4.69, 9.17) is 10.5 Å². The molecule has 18 heavy (non-hydrogen) atoms. The van der Waals surface area contributed by atoms with Gasteiger partial charge in [0.25, 0.3) is 5.56 Å². The van der Waals surface area contributed by atoms with E-state index in [0.717, 1.165) is 0 Å². The molecule has 0 aliphatic heterocycles. The van der Waals surface area contributed by atoms with Crippen LogP contribution >= 0.6 is 0 Å². The Morgan fingerprint density at radius 2 is 2.28 bits per heavy atom. The first-order valence-corrected chi connectivity index (χ1v) is 6.09. The van der Waals surface area contributed by atoms with Crippen molar-refractivity contribution in [3.63, 3.8) is 0 Å². The smallest absolute Gasteiger partial charge is 0.293 e. The zero-order valence-corrected chi connectivity index (χ0v) is 11.2. The Hall–Kier alpha value is -1.40. The minimum atomic E-state index is -0.124. The zero-order valence-electron chi connectivity index (χ0n) is 11.2. The molecule has 1 unspecified atom stereocenters. The number of anilines is 1. The number of hydrogen-bond donors (Lipinski definition) is 2. The molecular formula is C12H22N4O2. The second-order valence-electron chi connectivity index (χ2n) is 4.66. The molecule has 0 aliphatic carbocycles. The van der Waals surface area contributed by atoms with Gasteiger partial charge in [-0.15, -0.1) is 0 Å². The molecule has 1 heterocycles. The third-order valence-electron chi connectivity index (χ3n) is 2.47. The quantitative estimate of drug-likeness (QED) is 0.730. The lowest BCUT2D eigenvalue weighted by Crippen LogP contribution is -2.37. The molecule has 0 saturated heterocycles. The van der Waals surface area contributed by atoms with Gasteiger partial charge in [-0.2, -0.15) is 0 Å². The molecule has 0 saturated carbocycles. The van der Waals surface area contributed by atoms with Crippen LogP contribution in [0.15, 0.2) is 17.2 Å². The van der Waals surface area contributed by atoms with Crippen LogP contribution < -0.4 is 16.6 Å². The van der Waals surface area contributed by atoms with E-state index in [1.165, 1.54) is 0 Å². The molecule has 1 atom stereocenters. The van der Waals surface area contributed by atoms with E-state index in [2.05, 4.69) is 24.1 Å². The van der Waals surface area contributed by atoms with Gasteiger partial charge in [-0.05, 0) is 5.92 Å². The summed E-state index contributed by atoms with van der Waals surface area (Å²) in [5, 5.41) is 3.02. The minimum Gasteiger partial charge on any atom is -0.383 e. The highest BCUT2D eigenvalue weighted by Crippen LogP contribution is 2.00. The van der Waals surface area contributed by atoms with Crippen molar-refractivity contribution in [2.75, 3.05) is 25.6 Å². The summed E-state index contributed by atoms with van der Waals surface area (Å²) in [4.78, 5) is 16.2. The first-order valence-electron chi connectivity index (χ1n) is 6.09. The molecule has 1 aromatic heterocycles. The third kappa shape index (κ3) is 4.12. The summed E-state index contributed by atoms with van der Waals surface area (Å²) in [5.74, 6) is 0.730. The zero-order chi connectivity index (χ0) is 13.5. The Labute approximate surface area is 107 Å². The lowest BCUT2D eigenvalue weighted by Gasteiger charge is -2.17. The molecular weight excluding hydrogens is 232 g/mol. The van der Waals surface area contributed by atoms with Crippen LogP contribution in [0, 0.1) is 5.92 Å². The molecule has 6 nitrogen and oxygen atoms in total. The number of nitrogens with one attached hydrogen (secondary N) is 1. The van der Waals surface area contributed by atoms with Gasteiger partial charge in [0.2, 0.25) is 0 Å². The van der Waals surface area contributed by atoms with Crippen LogP contribution in [0.3, 0.4) is 0 Å². The van der Waals surface area contributed by atoms with E-state index in [9.17, 15) is 4.79 Å². The van der Waals surface area contributed by atoms with Crippen molar-refractivity contribution in [3.8, 4) is 0 Å². The van der Waals surface area contributed by atoms with Gasteiger partial charge in [-0.1, -0.05) is 13.8 Å². The average molecular weight is 254 g/mol. The van der Waals surface area contributed by atoms with E-state index < -0.39 is 0 Å². The van der Waals surface area contributed by atoms with Crippen molar-refractivity contribution in [1.29, 1.82) is 0 Å². The summed E-state index contributed by atoms with van der Waals surface area (Å²) in [7, 11) is 1.60. The molecule has 102 valence electrons. The molecule has 0 aliphatic rings. The van der Waals surface area contributed by atoms with Crippen molar-refractivity contribution in [2.45, 2.75) is 26.4 Å². The summed E-state index contributed by atoms with van der Waals surface area (Å²) in [5.41, 5.74) is 5.47. The highest BCUT2D eigenvalue weighted by Gasteiger charge is 2.11. The van der Waals surface area contributed by atoms with Crippen molar-refractivity contribution in [3.05, 3.63) is 22.7 Å². The Morgan fingerprint density at radius 3 is 2.83 bits per heavy atom. The number of methoxy groups -OCH3 is 1. The predicted octanol–water partition coefficient (Wildman–Crippen LogP) is 0.285. The normalized spacial score (nSPS) is 12.7. The van der Waals surface area contributed by atoms with Crippen molar-refractivity contribution in [2.24, 2.45) is 11.7 Å². The molecule has 0 radical (unpaired) electrons. The molecule has 0 amide bonds. The number of ether oxygens (including phenoxy) is 1. The predicted molar refractivity (Wildman–Crippen MR) is 71.7 cm³/mol. The summed E-state index contributed by atoms with van der Waals surface area (Å²) >= 11 is 0. The maximum absolute atomic E-state index is 12.1. The maximum Gasteiger partial charge on any atom is 0.293 e. The number of aromatic nitrogens is 2. The van der Waals surface area contributed by atoms with Gasteiger partial charge in [-0.25, -0.2) is 4.98 Å². The third-order valence-corrected chi connectivity index (χ3v) is 2.47. The van der Waals surface area contributed by atoms with Gasteiger partial charge in [0.15, 0.2) is 5.82 Å². The number of rotatable bonds is 7. The molecule has 0 aromatic carbocycles. The SMILES string of the molecule is COCC(CN)Nc1nccn(CC(C)C)c1=O. The summed E-state index contributed by atoms with van der Waals surface area (Å²) < 4.78 is 6.68. The second kappa shape index (κ2) is 7.13. The topological polar surface area (TPSA) is 82.2 Å². The lowest BCUT2D eigenvalue weighted by atomic mass is 10.2. The molecule has 1 rings (SSSR count). The first kappa shape index (κ1) is 14.7. The summed E-state index contributed by atoms with van der Waals surface area (Å²) in [6.45, 7) is 5.62. The van der Waals surface area contributed by atoms with Crippen LogP contribution in [0.1, 0.15) is 13.8 Å². The Balaban J connectivity index is 2.86. The fourth-order valence-electron chi connectivity index (χ4n) is 1.65. The van der Waals surface area contributed by atoms with Crippen molar-refractivity contribution >= 4 is 5.82 Å². The molecule has 0 spiro atoms. The van der Waals surface area contributed by atoms with E-state index in [0.29, 0.717) is 31.4 Å². The highest BCUT2D eigenvalue weighted by atomic mass is 16.5. The molecule has 3 N–H and O–H groups in total. The first-order chi connectivity index (χ1) is 8.58. The minimum absolute atomic E-state index is 0.106. The number of hydrogen-bond acceptors (Lipinski definition) is 5. The van der Waals surface area contributed by atoms with E-state index in [1.807, 2.05) is 0 Å². The fraction of sp³-hybridized carbons (Fsp3) is 0.667. The summed E-state index contributed by atoms with van der Waals surface area (Å²) in [6, 6.07) is -0.106. The maximum atomic E-state index is 12.1. The van der Waals surface area contributed by atoms with Gasteiger partial charge in [0.1, 0.15) is 0 Å². The van der Waals surface area contributed by atoms with Crippen molar-refractivity contribution < 1.29 is 4.74 Å². The van der Waals surface area contributed by atoms with E-state index in [1.54, 1.807) is 24.1 Å². The van der Waals surface area contributed by atoms with Crippen LogP contribution in [0.2, 0.25) is 0 Å². The molecule has 1 aromatic rings. The second-order valence-corrected chi connectivity index (χ2v) is 4.66. The van der Waals surface area contributed by atoms with E-state index >= 15 is 0 Å². The average Bonchev–Trinajstić information content (AvgIpc) is 2.32. The Bertz CT molecular complexity index is 417. The van der Waals surface area contributed by atoms with Crippen molar-refractivity contribution in [1.82, 2.24) is 9.55 Å². The lowest BCUT2D eigenvalue weighted by molar-refractivity contribution is 0.187. The van der Waals surface area contributed by atoms with Crippen LogP contribution in [-0.4, -0.2) is 35.9 Å². The molecule has 0 fully saturated rings. The van der Waals surface area contributed by atoms with Crippen LogP contribution in [0.25, 0.3) is 0 Å². The molecule has 6 heteroatoms. The van der Waals surface area contributed by atoms with Gasteiger partial charge in [0, 0.05) is 32.6 Å².